The predicted molar refractivity (Wildman–Crippen MR) is 59.5 cm³/mol. The van der Waals surface area contributed by atoms with Gasteiger partial charge in [-0.3, -0.25) is 4.90 Å². The van der Waals surface area contributed by atoms with Gasteiger partial charge in [0.05, 0.1) is 0 Å². The average Bonchev–Trinajstić information content (AvgIpc) is 2.12. The van der Waals surface area contributed by atoms with E-state index in [0.717, 1.165) is 24.7 Å². The van der Waals surface area contributed by atoms with Crippen LogP contribution in [-0.4, -0.2) is 49.2 Å². The molecule has 3 heteroatoms. The Balaban J connectivity index is 1.63. The largest absolute Gasteiger partial charge is 0.315 e. The molecular formula is C11H23N3. The lowest BCUT2D eigenvalue weighted by Crippen LogP contribution is -2.63. The number of rotatable bonds is 3. The molecule has 0 saturated carbocycles. The van der Waals surface area contributed by atoms with Gasteiger partial charge in [-0.25, -0.2) is 0 Å². The van der Waals surface area contributed by atoms with Gasteiger partial charge in [-0.1, -0.05) is 0 Å². The van der Waals surface area contributed by atoms with Gasteiger partial charge in [-0.05, 0) is 33.2 Å². The molecule has 0 radical (unpaired) electrons. The van der Waals surface area contributed by atoms with Gasteiger partial charge in [0.15, 0.2) is 0 Å². The highest BCUT2D eigenvalue weighted by Gasteiger charge is 2.29. The summed E-state index contributed by atoms with van der Waals surface area (Å²) in [5, 5.41) is 7.18. The Hall–Kier alpha value is -0.120. The third kappa shape index (κ3) is 2.47. The number of nitrogens with zero attached hydrogens (tertiary/aromatic N) is 1. The number of hydrogen-bond donors (Lipinski definition) is 2. The minimum atomic E-state index is 0.720. The van der Waals surface area contributed by atoms with E-state index < -0.39 is 0 Å². The second kappa shape index (κ2) is 4.60. The van der Waals surface area contributed by atoms with Gasteiger partial charge >= 0.3 is 0 Å². The molecule has 2 N–H and O–H groups in total. The van der Waals surface area contributed by atoms with Gasteiger partial charge in [0.25, 0.3) is 0 Å². The molecule has 82 valence electrons. The maximum Gasteiger partial charge on any atom is 0.0325 e. The molecule has 0 spiro atoms. The quantitative estimate of drug-likeness (QED) is 0.687. The summed E-state index contributed by atoms with van der Waals surface area (Å²) in [7, 11) is 0. The molecule has 2 saturated heterocycles. The van der Waals surface area contributed by atoms with Gasteiger partial charge in [-0.2, -0.15) is 0 Å². The third-order valence-corrected chi connectivity index (χ3v) is 3.41. The molecule has 0 amide bonds. The van der Waals surface area contributed by atoms with E-state index in [1.807, 2.05) is 0 Å². The molecule has 2 heterocycles. The molecule has 0 aromatic rings. The number of likely N-dealkylation sites (tertiary alicyclic amines) is 1. The Kier molecular flexibility index (Phi) is 3.42. The van der Waals surface area contributed by atoms with Crippen molar-refractivity contribution < 1.29 is 0 Å². The van der Waals surface area contributed by atoms with Crippen LogP contribution in [0.2, 0.25) is 0 Å². The SMILES string of the molecule is CC(C)N1CC(NC2CCCNC2)C1. The van der Waals surface area contributed by atoms with E-state index in [9.17, 15) is 0 Å². The number of hydrogen-bond acceptors (Lipinski definition) is 3. The molecule has 14 heavy (non-hydrogen) atoms. The van der Waals surface area contributed by atoms with Crippen molar-refractivity contribution in [2.24, 2.45) is 0 Å². The highest BCUT2D eigenvalue weighted by Crippen LogP contribution is 2.13. The van der Waals surface area contributed by atoms with E-state index in [0.29, 0.717) is 0 Å². The Morgan fingerprint density at radius 1 is 1.29 bits per heavy atom. The molecule has 0 aromatic carbocycles. The maximum absolute atomic E-state index is 3.74. The lowest BCUT2D eigenvalue weighted by molar-refractivity contribution is 0.0826. The van der Waals surface area contributed by atoms with Crippen molar-refractivity contribution in [3.63, 3.8) is 0 Å². The Bertz CT molecular complexity index is 169. The van der Waals surface area contributed by atoms with Crippen LogP contribution < -0.4 is 10.6 Å². The Labute approximate surface area is 87.2 Å². The van der Waals surface area contributed by atoms with Crippen LogP contribution in [0.5, 0.6) is 0 Å². The van der Waals surface area contributed by atoms with Crippen molar-refractivity contribution in [3.8, 4) is 0 Å². The molecule has 2 rings (SSSR count). The molecule has 1 atom stereocenters. The fourth-order valence-electron chi connectivity index (χ4n) is 2.37. The summed E-state index contributed by atoms with van der Waals surface area (Å²) in [5.74, 6) is 0. The van der Waals surface area contributed by atoms with Gasteiger partial charge in [0.1, 0.15) is 0 Å². The van der Waals surface area contributed by atoms with E-state index in [-0.39, 0.29) is 0 Å². The normalized spacial score (nSPS) is 30.6. The van der Waals surface area contributed by atoms with E-state index in [1.54, 1.807) is 0 Å². The van der Waals surface area contributed by atoms with Crippen molar-refractivity contribution in [3.05, 3.63) is 0 Å². The van der Waals surface area contributed by atoms with Crippen molar-refractivity contribution >= 4 is 0 Å². The summed E-state index contributed by atoms with van der Waals surface area (Å²) in [4.78, 5) is 2.52. The zero-order chi connectivity index (χ0) is 9.97. The minimum Gasteiger partial charge on any atom is -0.315 e. The van der Waals surface area contributed by atoms with Gasteiger partial charge in [0, 0.05) is 37.8 Å². The lowest BCUT2D eigenvalue weighted by atomic mass is 10.0. The first-order valence-electron chi connectivity index (χ1n) is 5.96. The van der Waals surface area contributed by atoms with Crippen LogP contribution in [0.25, 0.3) is 0 Å². The van der Waals surface area contributed by atoms with Crippen LogP contribution in [0.4, 0.5) is 0 Å². The predicted octanol–water partition coefficient (Wildman–Crippen LogP) is 0.421. The Morgan fingerprint density at radius 3 is 2.64 bits per heavy atom. The summed E-state index contributed by atoms with van der Waals surface area (Å²) < 4.78 is 0. The highest BCUT2D eigenvalue weighted by atomic mass is 15.3. The second-order valence-corrected chi connectivity index (χ2v) is 4.95. The van der Waals surface area contributed by atoms with E-state index in [2.05, 4.69) is 29.4 Å². The van der Waals surface area contributed by atoms with Gasteiger partial charge in [0.2, 0.25) is 0 Å². The van der Waals surface area contributed by atoms with Crippen LogP contribution in [0.15, 0.2) is 0 Å². The van der Waals surface area contributed by atoms with E-state index >= 15 is 0 Å². The summed E-state index contributed by atoms with van der Waals surface area (Å²) in [6.45, 7) is 9.41. The standard InChI is InChI=1S/C11H23N3/c1-9(2)14-7-11(8-14)13-10-4-3-5-12-6-10/h9-13H,3-8H2,1-2H3. The molecule has 0 aliphatic carbocycles. The highest BCUT2D eigenvalue weighted by molar-refractivity contribution is 4.90. The monoisotopic (exact) mass is 197 g/mol. The second-order valence-electron chi connectivity index (χ2n) is 4.95. The number of piperidine rings is 1. The zero-order valence-electron chi connectivity index (χ0n) is 9.42. The topological polar surface area (TPSA) is 27.3 Å². The fourth-order valence-corrected chi connectivity index (χ4v) is 2.37. The average molecular weight is 197 g/mol. The fraction of sp³-hybridized carbons (Fsp3) is 1.00. The van der Waals surface area contributed by atoms with Crippen molar-refractivity contribution in [1.29, 1.82) is 0 Å². The molecule has 2 aliphatic heterocycles. The molecule has 0 aromatic heterocycles. The molecule has 2 fully saturated rings. The molecule has 3 nitrogen and oxygen atoms in total. The Morgan fingerprint density at radius 2 is 2.07 bits per heavy atom. The molecule has 0 bridgehead atoms. The van der Waals surface area contributed by atoms with Crippen LogP contribution in [-0.2, 0) is 0 Å². The van der Waals surface area contributed by atoms with Crippen LogP contribution >= 0.6 is 0 Å². The summed E-state index contributed by atoms with van der Waals surface area (Å²) in [6.07, 6.45) is 2.68. The summed E-state index contributed by atoms with van der Waals surface area (Å²) in [6, 6.07) is 2.20. The van der Waals surface area contributed by atoms with Crippen LogP contribution in [0.1, 0.15) is 26.7 Å². The molecule has 1 unspecified atom stereocenters. The first kappa shape index (κ1) is 10.4. The van der Waals surface area contributed by atoms with Crippen LogP contribution in [0.3, 0.4) is 0 Å². The zero-order valence-corrected chi connectivity index (χ0v) is 9.42. The van der Waals surface area contributed by atoms with Gasteiger partial charge < -0.3 is 10.6 Å². The van der Waals surface area contributed by atoms with Crippen LogP contribution in [0, 0.1) is 0 Å². The lowest BCUT2D eigenvalue weighted by Gasteiger charge is -2.44. The van der Waals surface area contributed by atoms with Crippen molar-refractivity contribution in [2.45, 2.75) is 44.8 Å². The first-order chi connectivity index (χ1) is 6.75. The van der Waals surface area contributed by atoms with E-state index in [1.165, 1.54) is 32.5 Å². The van der Waals surface area contributed by atoms with Gasteiger partial charge in [-0.15, -0.1) is 0 Å². The summed E-state index contributed by atoms with van der Waals surface area (Å²) >= 11 is 0. The first-order valence-corrected chi connectivity index (χ1v) is 5.96. The smallest absolute Gasteiger partial charge is 0.0325 e. The summed E-state index contributed by atoms with van der Waals surface area (Å²) in [5.41, 5.74) is 0. The molecule has 2 aliphatic rings. The third-order valence-electron chi connectivity index (χ3n) is 3.41. The maximum atomic E-state index is 3.74. The van der Waals surface area contributed by atoms with Crippen molar-refractivity contribution in [2.75, 3.05) is 26.2 Å². The molecular weight excluding hydrogens is 174 g/mol. The van der Waals surface area contributed by atoms with Crippen molar-refractivity contribution in [1.82, 2.24) is 15.5 Å². The minimum absolute atomic E-state index is 0.720. The van der Waals surface area contributed by atoms with E-state index in [4.69, 9.17) is 0 Å². The number of nitrogens with one attached hydrogen (secondary N) is 2.